The number of anilines is 4. The molecule has 11 rings (SSSR count). The first-order valence-corrected chi connectivity index (χ1v) is 21.1. The summed E-state index contributed by atoms with van der Waals surface area (Å²) in [5, 5.41) is 4.72. The average molecular weight is 794 g/mol. The number of aryl methyl sites for hydroxylation is 3. The van der Waals surface area contributed by atoms with E-state index in [0.717, 1.165) is 50.5 Å². The van der Waals surface area contributed by atoms with Crippen molar-refractivity contribution in [3.05, 3.63) is 186 Å². The van der Waals surface area contributed by atoms with Crippen molar-refractivity contribution in [2.75, 3.05) is 16.5 Å². The van der Waals surface area contributed by atoms with Gasteiger partial charge in [0.15, 0.2) is 0 Å². The van der Waals surface area contributed by atoms with E-state index in [9.17, 15) is 0 Å². The Balaban J connectivity index is 1.04. The van der Waals surface area contributed by atoms with E-state index in [1.165, 1.54) is 61.1 Å². The molecule has 7 aromatic carbocycles. The molecule has 0 aliphatic carbocycles. The quantitative estimate of drug-likeness (QED) is 0.168. The first kappa shape index (κ1) is 36.7. The van der Waals surface area contributed by atoms with Crippen molar-refractivity contribution in [2.45, 2.75) is 47.0 Å². The summed E-state index contributed by atoms with van der Waals surface area (Å²) in [5.41, 5.74) is 15.4. The molecule has 0 saturated heterocycles. The van der Waals surface area contributed by atoms with E-state index in [2.05, 4.69) is 212 Å². The van der Waals surface area contributed by atoms with Crippen LogP contribution in [0.2, 0.25) is 0 Å². The first-order valence-electron chi connectivity index (χ1n) is 21.1. The van der Waals surface area contributed by atoms with Gasteiger partial charge in [-0.3, -0.25) is 4.57 Å². The second-order valence-corrected chi connectivity index (χ2v) is 17.6. The Kier molecular flexibility index (Phi) is 8.36. The van der Waals surface area contributed by atoms with E-state index >= 15 is 0 Å². The maximum Gasteiger partial charge on any atom is 0.137 e. The minimum atomic E-state index is -0.0448. The molecule has 0 amide bonds. The molecule has 0 spiro atoms. The number of fused-ring (bicyclic) bond motifs is 7. The molecule has 10 aromatic rings. The average Bonchev–Trinajstić information content (AvgIpc) is 3.90. The van der Waals surface area contributed by atoms with Crippen LogP contribution in [-0.2, 0) is 5.41 Å². The number of ether oxygens (including phenoxy) is 1. The molecule has 61 heavy (non-hydrogen) atoms. The minimum absolute atomic E-state index is 0.0448. The summed E-state index contributed by atoms with van der Waals surface area (Å²) in [4.78, 5) is 9.85. The van der Waals surface area contributed by atoms with Crippen LogP contribution in [-0.4, -0.2) is 20.8 Å². The van der Waals surface area contributed by atoms with Gasteiger partial charge in [-0.1, -0.05) is 93.1 Å². The van der Waals surface area contributed by atoms with Crippen LogP contribution in [0, 0.1) is 20.8 Å². The maximum atomic E-state index is 6.82. The van der Waals surface area contributed by atoms with E-state index in [4.69, 9.17) is 9.72 Å². The predicted octanol–water partition coefficient (Wildman–Crippen LogP) is 14.5. The standard InChI is InChI=1S/C55H47N5O/c1-35-27-36(2)54(37(3)28-35)58-34-57(48-21-12-13-22-49(48)58)40-17-14-18-41(30-40)61-42-23-24-44-46-32-51-45(43-19-10-11-20-47(43)59(51)39-15-8-7-9-16-39)33-52(46)60(50(44)31-42)53-29-38(25-26-56-53)55(4,5)6/h7-33H,34H2,1-6H3. The van der Waals surface area contributed by atoms with Crippen molar-refractivity contribution in [1.82, 2.24) is 14.1 Å². The van der Waals surface area contributed by atoms with Crippen molar-refractivity contribution in [2.24, 2.45) is 0 Å². The number of hydrogen-bond donors (Lipinski definition) is 0. The summed E-state index contributed by atoms with van der Waals surface area (Å²) in [5.74, 6) is 2.42. The monoisotopic (exact) mass is 793 g/mol. The van der Waals surface area contributed by atoms with Crippen molar-refractivity contribution in [1.29, 1.82) is 0 Å². The number of hydrogen-bond acceptors (Lipinski definition) is 4. The van der Waals surface area contributed by atoms with Gasteiger partial charge < -0.3 is 19.1 Å². The van der Waals surface area contributed by atoms with Crippen LogP contribution in [0.3, 0.4) is 0 Å². The number of pyridine rings is 1. The van der Waals surface area contributed by atoms with Gasteiger partial charge in [-0.05, 0) is 122 Å². The summed E-state index contributed by atoms with van der Waals surface area (Å²) in [6.07, 6.45) is 1.94. The van der Waals surface area contributed by atoms with Gasteiger partial charge >= 0.3 is 0 Å². The molecule has 1 aliphatic rings. The fourth-order valence-corrected chi connectivity index (χ4v) is 9.71. The Morgan fingerprint density at radius 3 is 1.87 bits per heavy atom. The summed E-state index contributed by atoms with van der Waals surface area (Å²) >= 11 is 0. The molecule has 0 atom stereocenters. The van der Waals surface area contributed by atoms with E-state index in [1.54, 1.807) is 0 Å². The van der Waals surface area contributed by atoms with Crippen LogP contribution >= 0.6 is 0 Å². The van der Waals surface area contributed by atoms with Gasteiger partial charge in [0.05, 0.1) is 33.4 Å². The van der Waals surface area contributed by atoms with Gasteiger partial charge in [-0.25, -0.2) is 4.98 Å². The molecular formula is C55H47N5O. The zero-order valence-electron chi connectivity index (χ0n) is 35.4. The highest BCUT2D eigenvalue weighted by Crippen LogP contribution is 2.47. The van der Waals surface area contributed by atoms with Gasteiger partial charge in [-0.2, -0.15) is 0 Å². The minimum Gasteiger partial charge on any atom is -0.457 e. The lowest BCUT2D eigenvalue weighted by Crippen LogP contribution is -2.25. The van der Waals surface area contributed by atoms with Gasteiger partial charge in [0, 0.05) is 56.9 Å². The topological polar surface area (TPSA) is 38.5 Å². The number of benzene rings is 7. The molecule has 0 bridgehead atoms. The van der Waals surface area contributed by atoms with E-state index in [-0.39, 0.29) is 5.41 Å². The van der Waals surface area contributed by atoms with Gasteiger partial charge in [-0.15, -0.1) is 0 Å². The molecule has 0 radical (unpaired) electrons. The molecule has 3 aromatic heterocycles. The molecule has 0 fully saturated rings. The van der Waals surface area contributed by atoms with Crippen LogP contribution in [0.1, 0.15) is 43.0 Å². The number of aromatic nitrogens is 3. The molecular weight excluding hydrogens is 747 g/mol. The number of rotatable bonds is 6. The largest absolute Gasteiger partial charge is 0.457 e. The summed E-state index contributed by atoms with van der Waals surface area (Å²) in [7, 11) is 0. The highest BCUT2D eigenvalue weighted by molar-refractivity contribution is 6.19. The maximum absolute atomic E-state index is 6.82. The van der Waals surface area contributed by atoms with E-state index in [0.29, 0.717) is 6.67 Å². The predicted molar refractivity (Wildman–Crippen MR) is 254 cm³/mol. The van der Waals surface area contributed by atoms with Crippen LogP contribution in [0.4, 0.5) is 22.7 Å². The Bertz CT molecular complexity index is 3330. The lowest BCUT2D eigenvalue weighted by Gasteiger charge is -2.25. The molecule has 4 heterocycles. The fourth-order valence-electron chi connectivity index (χ4n) is 9.71. The number of para-hydroxylation sites is 4. The summed E-state index contributed by atoms with van der Waals surface area (Å²) in [6.45, 7) is 14.1. The Morgan fingerprint density at radius 1 is 0.492 bits per heavy atom. The van der Waals surface area contributed by atoms with Gasteiger partial charge in [0.1, 0.15) is 24.0 Å². The number of nitrogens with zero attached hydrogens (tertiary/aromatic N) is 5. The third-order valence-corrected chi connectivity index (χ3v) is 12.4. The van der Waals surface area contributed by atoms with Crippen LogP contribution in [0.15, 0.2) is 164 Å². The lowest BCUT2D eigenvalue weighted by molar-refractivity contribution is 0.483. The molecule has 0 unspecified atom stereocenters. The molecule has 1 aliphatic heterocycles. The highest BCUT2D eigenvalue weighted by Gasteiger charge is 2.30. The normalized spacial score (nSPS) is 13.0. The van der Waals surface area contributed by atoms with E-state index in [1.807, 2.05) is 12.3 Å². The van der Waals surface area contributed by atoms with Crippen LogP contribution < -0.4 is 14.5 Å². The summed E-state index contributed by atoms with van der Waals surface area (Å²) < 4.78 is 11.5. The third kappa shape index (κ3) is 6.04. The molecule has 6 nitrogen and oxygen atoms in total. The highest BCUT2D eigenvalue weighted by atomic mass is 16.5. The zero-order chi connectivity index (χ0) is 41.6. The smallest absolute Gasteiger partial charge is 0.137 e. The van der Waals surface area contributed by atoms with E-state index < -0.39 is 0 Å². The Labute approximate surface area is 356 Å². The van der Waals surface area contributed by atoms with Gasteiger partial charge in [0.25, 0.3) is 0 Å². The second-order valence-electron chi connectivity index (χ2n) is 17.6. The van der Waals surface area contributed by atoms with Gasteiger partial charge in [0.2, 0.25) is 0 Å². The second kappa shape index (κ2) is 13.9. The third-order valence-electron chi connectivity index (χ3n) is 12.4. The Hall–Kier alpha value is -7.31. The SMILES string of the molecule is Cc1cc(C)c(N2CN(c3cccc(Oc4ccc5c6cc7c(cc6n(-c6cc(C(C)(C)C)ccn6)c5c4)c4ccccc4n7-c4ccccc4)c3)c3ccccc32)c(C)c1. The molecule has 0 N–H and O–H groups in total. The van der Waals surface area contributed by atoms with Crippen molar-refractivity contribution >= 4 is 66.4 Å². The molecule has 0 saturated carbocycles. The Morgan fingerprint density at radius 2 is 1.11 bits per heavy atom. The molecule has 6 heteroatoms. The van der Waals surface area contributed by atoms with Crippen molar-refractivity contribution in [3.8, 4) is 23.0 Å². The van der Waals surface area contributed by atoms with Crippen LogP contribution in [0.5, 0.6) is 11.5 Å². The van der Waals surface area contributed by atoms with Crippen molar-refractivity contribution in [3.63, 3.8) is 0 Å². The van der Waals surface area contributed by atoms with Crippen molar-refractivity contribution < 1.29 is 4.74 Å². The fraction of sp³-hybridized carbons (Fsp3) is 0.145. The zero-order valence-corrected chi connectivity index (χ0v) is 35.4. The molecule has 298 valence electrons. The first-order chi connectivity index (χ1) is 29.6. The lowest BCUT2D eigenvalue weighted by atomic mass is 9.88. The van der Waals surface area contributed by atoms with Crippen LogP contribution in [0.25, 0.3) is 55.1 Å². The summed E-state index contributed by atoms with van der Waals surface area (Å²) in [6, 6.07) is 56.7.